The van der Waals surface area contributed by atoms with Crippen molar-refractivity contribution < 1.29 is 24.6 Å². The van der Waals surface area contributed by atoms with E-state index < -0.39 is 5.97 Å². The molecule has 0 aromatic heterocycles. The first-order valence-corrected chi connectivity index (χ1v) is 7.37. The SMILES string of the molecule is CC(=O)SCC1CC(=O)N(c2ccc(O)c(C(=O)O)c2)C1. The minimum absolute atomic E-state index is 0.0127. The maximum absolute atomic E-state index is 12.0. The molecule has 1 heterocycles. The van der Waals surface area contributed by atoms with Crippen LogP contribution in [0.25, 0.3) is 0 Å². The van der Waals surface area contributed by atoms with Crippen molar-refractivity contribution in [1.29, 1.82) is 0 Å². The number of aromatic carboxylic acids is 1. The highest BCUT2D eigenvalue weighted by Gasteiger charge is 2.31. The molecule has 0 saturated carbocycles. The van der Waals surface area contributed by atoms with E-state index in [0.29, 0.717) is 24.4 Å². The van der Waals surface area contributed by atoms with Crippen molar-refractivity contribution in [2.75, 3.05) is 17.2 Å². The Morgan fingerprint density at radius 1 is 1.43 bits per heavy atom. The van der Waals surface area contributed by atoms with Crippen molar-refractivity contribution in [3.8, 4) is 5.75 Å². The van der Waals surface area contributed by atoms with Crippen LogP contribution in [0.4, 0.5) is 5.69 Å². The Morgan fingerprint density at radius 2 is 2.14 bits per heavy atom. The van der Waals surface area contributed by atoms with Gasteiger partial charge in [-0.15, -0.1) is 0 Å². The molecule has 0 spiro atoms. The summed E-state index contributed by atoms with van der Waals surface area (Å²) < 4.78 is 0. The Labute approximate surface area is 125 Å². The summed E-state index contributed by atoms with van der Waals surface area (Å²) in [6.45, 7) is 1.93. The van der Waals surface area contributed by atoms with Gasteiger partial charge < -0.3 is 15.1 Å². The minimum Gasteiger partial charge on any atom is -0.507 e. The maximum atomic E-state index is 12.0. The van der Waals surface area contributed by atoms with Gasteiger partial charge >= 0.3 is 5.97 Å². The molecule has 1 unspecified atom stereocenters. The monoisotopic (exact) mass is 309 g/mol. The highest BCUT2D eigenvalue weighted by Crippen LogP contribution is 2.30. The molecule has 1 amide bonds. The fourth-order valence-electron chi connectivity index (χ4n) is 2.24. The number of rotatable bonds is 4. The number of carboxylic acid groups (broad SMARTS) is 1. The van der Waals surface area contributed by atoms with Gasteiger partial charge in [0.15, 0.2) is 5.12 Å². The topological polar surface area (TPSA) is 94.9 Å². The van der Waals surface area contributed by atoms with Crippen LogP contribution in [0.2, 0.25) is 0 Å². The number of carboxylic acids is 1. The molecule has 0 aliphatic carbocycles. The molecule has 1 aliphatic heterocycles. The second-order valence-corrected chi connectivity index (χ2v) is 6.08. The van der Waals surface area contributed by atoms with Crippen molar-refractivity contribution in [1.82, 2.24) is 0 Å². The maximum Gasteiger partial charge on any atom is 0.339 e. The molecule has 1 fully saturated rings. The van der Waals surface area contributed by atoms with E-state index >= 15 is 0 Å². The van der Waals surface area contributed by atoms with Crippen molar-refractivity contribution in [2.24, 2.45) is 5.92 Å². The molecular formula is C14H15NO5S. The van der Waals surface area contributed by atoms with Crippen molar-refractivity contribution in [3.05, 3.63) is 23.8 Å². The number of aromatic hydroxyl groups is 1. The Morgan fingerprint density at radius 3 is 2.76 bits per heavy atom. The summed E-state index contributed by atoms with van der Waals surface area (Å²) in [5.74, 6) is -1.05. The van der Waals surface area contributed by atoms with E-state index in [-0.39, 0.29) is 28.3 Å². The summed E-state index contributed by atoms with van der Waals surface area (Å²) in [5, 5.41) is 18.5. The Hall–Kier alpha value is -2.02. The fourth-order valence-corrected chi connectivity index (χ4v) is 2.93. The smallest absolute Gasteiger partial charge is 0.339 e. The van der Waals surface area contributed by atoms with Gasteiger partial charge in [0.25, 0.3) is 0 Å². The number of phenols is 1. The molecule has 1 saturated heterocycles. The molecule has 1 atom stereocenters. The van der Waals surface area contributed by atoms with Gasteiger partial charge in [-0.05, 0) is 24.1 Å². The molecule has 21 heavy (non-hydrogen) atoms. The van der Waals surface area contributed by atoms with Gasteiger partial charge in [-0.25, -0.2) is 4.79 Å². The first kappa shape index (κ1) is 15.4. The third-order valence-electron chi connectivity index (χ3n) is 3.25. The third kappa shape index (κ3) is 3.55. The lowest BCUT2D eigenvalue weighted by Gasteiger charge is -2.17. The summed E-state index contributed by atoms with van der Waals surface area (Å²) in [5.41, 5.74) is 0.215. The number of amides is 1. The highest BCUT2D eigenvalue weighted by atomic mass is 32.2. The number of benzene rings is 1. The lowest BCUT2D eigenvalue weighted by molar-refractivity contribution is -0.117. The molecule has 112 valence electrons. The van der Waals surface area contributed by atoms with E-state index in [4.69, 9.17) is 5.11 Å². The average Bonchev–Trinajstić information content (AvgIpc) is 2.78. The Kier molecular flexibility index (Phi) is 4.52. The van der Waals surface area contributed by atoms with Gasteiger partial charge in [-0.3, -0.25) is 9.59 Å². The van der Waals surface area contributed by atoms with E-state index in [1.165, 1.54) is 41.8 Å². The van der Waals surface area contributed by atoms with Gasteiger partial charge in [0.2, 0.25) is 5.91 Å². The highest BCUT2D eigenvalue weighted by molar-refractivity contribution is 8.13. The van der Waals surface area contributed by atoms with Gasteiger partial charge in [0.1, 0.15) is 11.3 Å². The molecule has 1 aliphatic rings. The van der Waals surface area contributed by atoms with Crippen LogP contribution < -0.4 is 4.90 Å². The second-order valence-electron chi connectivity index (χ2n) is 4.88. The van der Waals surface area contributed by atoms with Crippen LogP contribution in [0, 0.1) is 5.92 Å². The lowest BCUT2D eigenvalue weighted by atomic mass is 10.1. The normalized spacial score (nSPS) is 18.0. The zero-order valence-electron chi connectivity index (χ0n) is 11.4. The van der Waals surface area contributed by atoms with Crippen LogP contribution in [-0.2, 0) is 9.59 Å². The van der Waals surface area contributed by atoms with Crippen LogP contribution in [-0.4, -0.2) is 39.5 Å². The number of carbonyl (C=O) groups is 3. The summed E-state index contributed by atoms with van der Waals surface area (Å²) in [6.07, 6.45) is 0.337. The molecule has 2 rings (SSSR count). The second kappa shape index (κ2) is 6.17. The number of nitrogens with zero attached hydrogens (tertiary/aromatic N) is 1. The molecule has 1 aromatic rings. The third-order valence-corrected chi connectivity index (χ3v) is 4.29. The van der Waals surface area contributed by atoms with Crippen LogP contribution >= 0.6 is 11.8 Å². The summed E-state index contributed by atoms with van der Waals surface area (Å²) in [7, 11) is 0. The summed E-state index contributed by atoms with van der Waals surface area (Å²) in [6, 6.07) is 4.07. The predicted molar refractivity (Wildman–Crippen MR) is 78.7 cm³/mol. The zero-order valence-corrected chi connectivity index (χ0v) is 12.2. The quantitative estimate of drug-likeness (QED) is 0.879. The lowest BCUT2D eigenvalue weighted by Crippen LogP contribution is -2.25. The van der Waals surface area contributed by atoms with Crippen molar-refractivity contribution >= 4 is 34.4 Å². The Balaban J connectivity index is 2.15. The van der Waals surface area contributed by atoms with Crippen LogP contribution in [0.3, 0.4) is 0 Å². The molecule has 0 radical (unpaired) electrons. The number of thioether (sulfide) groups is 1. The van der Waals surface area contributed by atoms with E-state index in [1.54, 1.807) is 0 Å². The summed E-state index contributed by atoms with van der Waals surface area (Å²) >= 11 is 1.19. The van der Waals surface area contributed by atoms with E-state index in [0.717, 1.165) is 0 Å². The van der Waals surface area contributed by atoms with E-state index in [2.05, 4.69) is 0 Å². The van der Waals surface area contributed by atoms with E-state index in [9.17, 15) is 19.5 Å². The number of carbonyl (C=O) groups excluding carboxylic acids is 2. The number of hydrogen-bond donors (Lipinski definition) is 2. The standard InChI is InChI=1S/C14H15NO5S/c1-8(16)21-7-9-4-13(18)15(6-9)10-2-3-12(17)11(5-10)14(19)20/h2-3,5,9,17H,4,6-7H2,1H3,(H,19,20). The van der Waals surface area contributed by atoms with Crippen LogP contribution in [0.5, 0.6) is 5.75 Å². The van der Waals surface area contributed by atoms with Gasteiger partial charge in [0, 0.05) is 31.3 Å². The van der Waals surface area contributed by atoms with Crippen molar-refractivity contribution in [2.45, 2.75) is 13.3 Å². The molecule has 1 aromatic carbocycles. The average molecular weight is 309 g/mol. The molecule has 7 heteroatoms. The molecular weight excluding hydrogens is 294 g/mol. The van der Waals surface area contributed by atoms with Gasteiger partial charge in [0.05, 0.1) is 0 Å². The first-order valence-electron chi connectivity index (χ1n) is 6.38. The number of hydrogen-bond acceptors (Lipinski definition) is 5. The molecule has 2 N–H and O–H groups in total. The zero-order chi connectivity index (χ0) is 15.6. The summed E-state index contributed by atoms with van der Waals surface area (Å²) in [4.78, 5) is 35.5. The Bertz CT molecular complexity index is 601. The largest absolute Gasteiger partial charge is 0.507 e. The van der Waals surface area contributed by atoms with Crippen molar-refractivity contribution in [3.63, 3.8) is 0 Å². The fraction of sp³-hybridized carbons (Fsp3) is 0.357. The van der Waals surface area contributed by atoms with Gasteiger partial charge in [-0.1, -0.05) is 11.8 Å². The first-order chi connectivity index (χ1) is 9.88. The minimum atomic E-state index is -1.25. The van der Waals surface area contributed by atoms with Gasteiger partial charge in [-0.2, -0.15) is 0 Å². The molecule has 6 nitrogen and oxygen atoms in total. The van der Waals surface area contributed by atoms with Crippen LogP contribution in [0.1, 0.15) is 23.7 Å². The number of anilines is 1. The molecule has 0 bridgehead atoms. The predicted octanol–water partition coefficient (Wildman–Crippen LogP) is 1.72. The van der Waals surface area contributed by atoms with Crippen LogP contribution in [0.15, 0.2) is 18.2 Å². The van der Waals surface area contributed by atoms with E-state index in [1.807, 2.05) is 0 Å².